The number of likely N-dealkylation sites (N-methyl/N-ethyl adjacent to an activating group) is 1. The van der Waals surface area contributed by atoms with Gasteiger partial charge in [0.2, 0.25) is 5.91 Å². The summed E-state index contributed by atoms with van der Waals surface area (Å²) >= 11 is 4.05. The van der Waals surface area contributed by atoms with E-state index in [-0.39, 0.29) is 5.91 Å². The van der Waals surface area contributed by atoms with Crippen LogP contribution in [0.1, 0.15) is 19.3 Å². The van der Waals surface area contributed by atoms with E-state index < -0.39 is 0 Å². The van der Waals surface area contributed by atoms with Crippen molar-refractivity contribution in [3.05, 3.63) is 0 Å². The smallest absolute Gasteiger partial charge is 0.223 e. The van der Waals surface area contributed by atoms with Crippen LogP contribution in [0.25, 0.3) is 0 Å². The minimum atomic E-state index is 0.208. The van der Waals surface area contributed by atoms with Gasteiger partial charge in [-0.1, -0.05) is 0 Å². The van der Waals surface area contributed by atoms with Crippen molar-refractivity contribution in [2.45, 2.75) is 19.3 Å². The number of likely N-dealkylation sites (tertiary alicyclic amines) is 1. The maximum Gasteiger partial charge on any atom is 0.223 e. The summed E-state index contributed by atoms with van der Waals surface area (Å²) in [6, 6.07) is 0. The molecule has 0 aromatic rings. The van der Waals surface area contributed by atoms with E-state index in [9.17, 15) is 4.79 Å². The number of thiol groups is 1. The van der Waals surface area contributed by atoms with Crippen molar-refractivity contribution in [2.75, 3.05) is 39.0 Å². The molecule has 0 aromatic heterocycles. The molecule has 0 aliphatic carbocycles. The Kier molecular flexibility index (Phi) is 5.33. The van der Waals surface area contributed by atoms with Gasteiger partial charge in [0.15, 0.2) is 0 Å². The van der Waals surface area contributed by atoms with Gasteiger partial charge in [-0.3, -0.25) is 4.79 Å². The van der Waals surface area contributed by atoms with Crippen LogP contribution in [0.4, 0.5) is 0 Å². The van der Waals surface area contributed by atoms with Gasteiger partial charge in [-0.25, -0.2) is 0 Å². The Morgan fingerprint density at radius 1 is 1.43 bits per heavy atom. The molecule has 1 aliphatic heterocycles. The molecule has 1 amide bonds. The average molecular weight is 216 g/mol. The van der Waals surface area contributed by atoms with Crippen molar-refractivity contribution >= 4 is 18.5 Å². The Bertz CT molecular complexity index is 181. The van der Waals surface area contributed by atoms with Gasteiger partial charge in [-0.15, -0.1) is 0 Å². The molecule has 0 unspecified atom stereocenters. The fraction of sp³-hybridized carbons (Fsp3) is 0.900. The van der Waals surface area contributed by atoms with E-state index in [1.54, 1.807) is 0 Å². The highest BCUT2D eigenvalue weighted by molar-refractivity contribution is 7.80. The number of rotatable bonds is 5. The van der Waals surface area contributed by atoms with Crippen LogP contribution in [0.2, 0.25) is 0 Å². The van der Waals surface area contributed by atoms with Gasteiger partial charge < -0.3 is 9.80 Å². The maximum atomic E-state index is 11.4. The van der Waals surface area contributed by atoms with E-state index in [2.05, 4.69) is 17.5 Å². The molecule has 0 N–H and O–H groups in total. The highest BCUT2D eigenvalue weighted by atomic mass is 32.1. The Balaban J connectivity index is 2.13. The lowest BCUT2D eigenvalue weighted by molar-refractivity contribution is -0.129. The van der Waals surface area contributed by atoms with Crippen molar-refractivity contribution in [1.29, 1.82) is 0 Å². The van der Waals surface area contributed by atoms with E-state index in [4.69, 9.17) is 0 Å². The second-order valence-corrected chi connectivity index (χ2v) is 4.28. The number of carbonyl (C=O) groups is 1. The first kappa shape index (κ1) is 11.9. The fourth-order valence-electron chi connectivity index (χ4n) is 1.71. The first-order valence-corrected chi connectivity index (χ1v) is 5.94. The van der Waals surface area contributed by atoms with Crippen molar-refractivity contribution in [3.8, 4) is 0 Å². The Morgan fingerprint density at radius 3 is 2.64 bits per heavy atom. The summed E-state index contributed by atoms with van der Waals surface area (Å²) in [7, 11) is 1.88. The summed E-state index contributed by atoms with van der Waals surface area (Å²) in [5.74, 6) is 0.853. The van der Waals surface area contributed by atoms with Crippen molar-refractivity contribution in [1.82, 2.24) is 9.80 Å². The summed E-state index contributed by atoms with van der Waals surface area (Å²) in [6.45, 7) is 4.28. The number of nitrogens with zero attached hydrogens (tertiary/aromatic N) is 2. The molecule has 4 heteroatoms. The first-order valence-electron chi connectivity index (χ1n) is 5.31. The van der Waals surface area contributed by atoms with Crippen LogP contribution in [-0.2, 0) is 4.79 Å². The molecule has 14 heavy (non-hydrogen) atoms. The van der Waals surface area contributed by atoms with Crippen LogP contribution < -0.4 is 0 Å². The van der Waals surface area contributed by atoms with Crippen LogP contribution in [-0.4, -0.2) is 54.7 Å². The maximum absolute atomic E-state index is 11.4. The lowest BCUT2D eigenvalue weighted by Crippen LogP contribution is -2.35. The molecule has 0 radical (unpaired) electrons. The predicted molar refractivity (Wildman–Crippen MR) is 61.8 cm³/mol. The fourth-order valence-corrected chi connectivity index (χ4v) is 1.90. The second kappa shape index (κ2) is 6.30. The summed E-state index contributed by atoms with van der Waals surface area (Å²) in [4.78, 5) is 15.6. The highest BCUT2D eigenvalue weighted by Gasteiger charge is 2.13. The van der Waals surface area contributed by atoms with Crippen molar-refractivity contribution < 1.29 is 4.79 Å². The zero-order valence-corrected chi connectivity index (χ0v) is 9.80. The molecule has 82 valence electrons. The summed E-state index contributed by atoms with van der Waals surface area (Å²) in [5, 5.41) is 0. The topological polar surface area (TPSA) is 23.6 Å². The van der Waals surface area contributed by atoms with Gasteiger partial charge in [0.05, 0.1) is 0 Å². The number of amides is 1. The molecule has 1 saturated heterocycles. The van der Waals surface area contributed by atoms with Crippen LogP contribution in [0.5, 0.6) is 0 Å². The minimum Gasteiger partial charge on any atom is -0.344 e. The quantitative estimate of drug-likeness (QED) is 0.689. The standard InChI is InChI=1S/C10H20N2OS/c1-11(10(13)4-9-14)7-8-12-5-2-3-6-12/h14H,2-9H2,1H3. The summed E-state index contributed by atoms with van der Waals surface area (Å²) < 4.78 is 0. The van der Waals surface area contributed by atoms with E-state index in [1.807, 2.05) is 11.9 Å². The van der Waals surface area contributed by atoms with Crippen molar-refractivity contribution in [3.63, 3.8) is 0 Å². The molecule has 0 aromatic carbocycles. The number of carbonyl (C=O) groups excluding carboxylic acids is 1. The SMILES string of the molecule is CN(CCN1CCCC1)C(=O)CCS. The summed E-state index contributed by atoms with van der Waals surface area (Å²) in [6.07, 6.45) is 3.18. The molecule has 1 heterocycles. The normalized spacial score (nSPS) is 17.3. The first-order chi connectivity index (χ1) is 6.74. The van der Waals surface area contributed by atoms with Crippen LogP contribution in [0.3, 0.4) is 0 Å². The molecule has 0 spiro atoms. The Labute approximate surface area is 91.9 Å². The Hall–Kier alpha value is -0.220. The van der Waals surface area contributed by atoms with E-state index in [1.165, 1.54) is 25.9 Å². The van der Waals surface area contributed by atoms with Gasteiger partial charge >= 0.3 is 0 Å². The van der Waals surface area contributed by atoms with Crippen LogP contribution >= 0.6 is 12.6 Å². The molecule has 1 fully saturated rings. The molecular weight excluding hydrogens is 196 g/mol. The van der Waals surface area contributed by atoms with E-state index >= 15 is 0 Å². The monoisotopic (exact) mass is 216 g/mol. The van der Waals surface area contributed by atoms with Gasteiger partial charge in [0, 0.05) is 26.6 Å². The third-order valence-corrected chi connectivity index (χ3v) is 2.93. The molecular formula is C10H20N2OS. The Morgan fingerprint density at radius 2 is 2.07 bits per heavy atom. The average Bonchev–Trinajstić information content (AvgIpc) is 2.67. The van der Waals surface area contributed by atoms with Gasteiger partial charge in [-0.2, -0.15) is 12.6 Å². The second-order valence-electron chi connectivity index (χ2n) is 3.84. The lowest BCUT2D eigenvalue weighted by atomic mass is 10.4. The third-order valence-electron chi connectivity index (χ3n) is 2.70. The molecule has 0 bridgehead atoms. The van der Waals surface area contributed by atoms with Crippen molar-refractivity contribution in [2.24, 2.45) is 0 Å². The van der Waals surface area contributed by atoms with Gasteiger partial charge in [0.25, 0.3) is 0 Å². The van der Waals surface area contributed by atoms with Crippen LogP contribution in [0, 0.1) is 0 Å². The molecule has 3 nitrogen and oxygen atoms in total. The zero-order chi connectivity index (χ0) is 10.4. The molecule has 0 saturated carbocycles. The lowest BCUT2D eigenvalue weighted by Gasteiger charge is -2.21. The third kappa shape index (κ3) is 3.88. The predicted octanol–water partition coefficient (Wildman–Crippen LogP) is 0.860. The van der Waals surface area contributed by atoms with E-state index in [0.29, 0.717) is 12.2 Å². The van der Waals surface area contributed by atoms with Crippen LogP contribution in [0.15, 0.2) is 0 Å². The molecule has 1 rings (SSSR count). The number of hydrogen-bond acceptors (Lipinski definition) is 3. The van der Waals surface area contributed by atoms with Gasteiger partial charge in [0.1, 0.15) is 0 Å². The highest BCUT2D eigenvalue weighted by Crippen LogP contribution is 2.06. The molecule has 0 atom stereocenters. The number of hydrogen-bond donors (Lipinski definition) is 1. The minimum absolute atomic E-state index is 0.208. The largest absolute Gasteiger partial charge is 0.344 e. The zero-order valence-electron chi connectivity index (χ0n) is 8.91. The molecule has 1 aliphatic rings. The summed E-state index contributed by atoms with van der Waals surface area (Å²) in [5.41, 5.74) is 0. The van der Waals surface area contributed by atoms with E-state index in [0.717, 1.165) is 13.1 Å². The van der Waals surface area contributed by atoms with Gasteiger partial charge in [-0.05, 0) is 31.7 Å².